The van der Waals surface area contributed by atoms with Gasteiger partial charge in [-0.2, -0.15) is 0 Å². The van der Waals surface area contributed by atoms with E-state index in [1.807, 2.05) is 48.5 Å². The summed E-state index contributed by atoms with van der Waals surface area (Å²) >= 11 is 0. The first-order chi connectivity index (χ1) is 19.0. The van der Waals surface area contributed by atoms with E-state index in [1.165, 1.54) is 5.01 Å². The van der Waals surface area contributed by atoms with Crippen LogP contribution in [0, 0.1) is 0 Å². The van der Waals surface area contributed by atoms with Crippen LogP contribution in [0.1, 0.15) is 48.2 Å². The fraction of sp³-hybridized carbons (Fsp3) is 0.0968. The van der Waals surface area contributed by atoms with Gasteiger partial charge in [-0.1, -0.05) is 72.8 Å². The SMILES string of the molecule is O=C(NN1C(=O)C(Oc2ccccc2)C1c1ccccc1)c1cccc(CN2C(=O)c3ccccc3C2=O)c1. The molecule has 0 aliphatic carbocycles. The van der Waals surface area contributed by atoms with Gasteiger partial charge in [0.05, 0.1) is 17.7 Å². The zero-order chi connectivity index (χ0) is 26.9. The number of hydrazine groups is 1. The van der Waals surface area contributed by atoms with Crippen molar-refractivity contribution < 1.29 is 23.9 Å². The van der Waals surface area contributed by atoms with Crippen molar-refractivity contribution in [2.24, 2.45) is 0 Å². The predicted octanol–water partition coefficient (Wildman–Crippen LogP) is 4.16. The second-order valence-electron chi connectivity index (χ2n) is 9.30. The minimum atomic E-state index is -0.796. The van der Waals surface area contributed by atoms with Crippen LogP contribution >= 0.6 is 0 Å². The van der Waals surface area contributed by atoms with Gasteiger partial charge in [0, 0.05) is 5.56 Å². The molecule has 8 heteroatoms. The number of amides is 4. The molecule has 192 valence electrons. The van der Waals surface area contributed by atoms with Crippen LogP contribution in [0.5, 0.6) is 5.75 Å². The van der Waals surface area contributed by atoms with Crippen molar-refractivity contribution in [1.29, 1.82) is 0 Å². The lowest BCUT2D eigenvalue weighted by Crippen LogP contribution is -2.66. The van der Waals surface area contributed by atoms with Gasteiger partial charge in [0.2, 0.25) is 6.10 Å². The lowest BCUT2D eigenvalue weighted by molar-refractivity contribution is -0.169. The number of rotatable bonds is 7. The van der Waals surface area contributed by atoms with Crippen LogP contribution in [0.2, 0.25) is 0 Å². The Labute approximate surface area is 224 Å². The highest BCUT2D eigenvalue weighted by Crippen LogP contribution is 2.36. The van der Waals surface area contributed by atoms with E-state index in [2.05, 4.69) is 5.43 Å². The molecule has 0 saturated carbocycles. The number of benzene rings is 4. The molecule has 6 rings (SSSR count). The van der Waals surface area contributed by atoms with E-state index in [0.717, 1.165) is 10.5 Å². The zero-order valence-electron chi connectivity index (χ0n) is 20.7. The Morgan fingerprint density at radius 1 is 0.744 bits per heavy atom. The number of nitrogens with zero attached hydrogens (tertiary/aromatic N) is 2. The molecule has 2 atom stereocenters. The number of imide groups is 1. The smallest absolute Gasteiger partial charge is 0.285 e. The van der Waals surface area contributed by atoms with E-state index in [4.69, 9.17) is 4.74 Å². The molecular formula is C31H23N3O5. The number of ether oxygens (including phenoxy) is 1. The third kappa shape index (κ3) is 4.42. The van der Waals surface area contributed by atoms with Gasteiger partial charge in [-0.05, 0) is 47.5 Å². The van der Waals surface area contributed by atoms with Crippen LogP contribution in [-0.2, 0) is 11.3 Å². The molecule has 2 unspecified atom stereocenters. The van der Waals surface area contributed by atoms with Gasteiger partial charge in [-0.25, -0.2) is 5.01 Å². The molecule has 1 N–H and O–H groups in total. The van der Waals surface area contributed by atoms with E-state index in [9.17, 15) is 19.2 Å². The summed E-state index contributed by atoms with van der Waals surface area (Å²) in [7, 11) is 0. The quantitative estimate of drug-likeness (QED) is 0.293. The van der Waals surface area contributed by atoms with Gasteiger partial charge < -0.3 is 4.74 Å². The largest absolute Gasteiger partial charge is 0.478 e. The normalized spacial score (nSPS) is 18.0. The maximum absolute atomic E-state index is 13.2. The van der Waals surface area contributed by atoms with Crippen molar-refractivity contribution in [3.63, 3.8) is 0 Å². The average molecular weight is 518 g/mol. The molecule has 4 aromatic carbocycles. The maximum atomic E-state index is 13.2. The highest BCUT2D eigenvalue weighted by atomic mass is 16.5. The van der Waals surface area contributed by atoms with E-state index in [0.29, 0.717) is 22.4 Å². The highest BCUT2D eigenvalue weighted by Gasteiger charge is 2.51. The fourth-order valence-electron chi connectivity index (χ4n) is 4.87. The number of hydrogen-bond acceptors (Lipinski definition) is 5. The molecule has 0 aromatic heterocycles. The van der Waals surface area contributed by atoms with E-state index < -0.39 is 18.1 Å². The first kappa shape index (κ1) is 24.1. The molecule has 2 aliphatic rings. The first-order valence-electron chi connectivity index (χ1n) is 12.5. The zero-order valence-corrected chi connectivity index (χ0v) is 20.7. The van der Waals surface area contributed by atoms with Crippen LogP contribution in [0.15, 0.2) is 109 Å². The minimum absolute atomic E-state index is 0.0236. The number of carbonyl (C=O) groups is 4. The molecule has 0 spiro atoms. The van der Waals surface area contributed by atoms with Gasteiger partial charge in [-0.15, -0.1) is 0 Å². The number of β-lactam (4-membered cyclic amide) rings is 1. The Bertz CT molecular complexity index is 1550. The number of fused-ring (bicyclic) bond motifs is 1. The molecule has 0 radical (unpaired) electrons. The van der Waals surface area contributed by atoms with E-state index in [1.54, 1.807) is 60.7 Å². The molecule has 4 amide bonds. The van der Waals surface area contributed by atoms with Gasteiger partial charge in [-0.3, -0.25) is 29.5 Å². The van der Waals surface area contributed by atoms with Crippen molar-refractivity contribution in [2.75, 3.05) is 0 Å². The Balaban J connectivity index is 1.19. The topological polar surface area (TPSA) is 96.0 Å². The maximum Gasteiger partial charge on any atom is 0.285 e. The molecule has 8 nitrogen and oxygen atoms in total. The lowest BCUT2D eigenvalue weighted by atomic mass is 9.92. The van der Waals surface area contributed by atoms with Gasteiger partial charge in [0.25, 0.3) is 23.6 Å². The Morgan fingerprint density at radius 2 is 1.36 bits per heavy atom. The summed E-state index contributed by atoms with van der Waals surface area (Å²) in [5.41, 5.74) is 5.17. The molecule has 2 heterocycles. The summed E-state index contributed by atoms with van der Waals surface area (Å²) in [5.74, 6) is -1.04. The second kappa shape index (κ2) is 9.90. The van der Waals surface area contributed by atoms with Gasteiger partial charge >= 0.3 is 0 Å². The number of para-hydroxylation sites is 1. The van der Waals surface area contributed by atoms with Crippen LogP contribution < -0.4 is 10.2 Å². The van der Waals surface area contributed by atoms with Gasteiger partial charge in [0.15, 0.2) is 0 Å². The molecule has 4 aromatic rings. The Hall–Kier alpha value is -5.24. The Kier molecular flexibility index (Phi) is 6.13. The van der Waals surface area contributed by atoms with Crippen molar-refractivity contribution in [1.82, 2.24) is 15.3 Å². The van der Waals surface area contributed by atoms with Crippen molar-refractivity contribution in [3.05, 3.63) is 137 Å². The predicted molar refractivity (Wildman–Crippen MR) is 141 cm³/mol. The summed E-state index contributed by atoms with van der Waals surface area (Å²) in [6, 6.07) is 31.2. The third-order valence-electron chi connectivity index (χ3n) is 6.82. The summed E-state index contributed by atoms with van der Waals surface area (Å²) in [4.78, 5) is 53.0. The summed E-state index contributed by atoms with van der Waals surface area (Å²) in [6.45, 7) is 0.0236. The van der Waals surface area contributed by atoms with E-state index >= 15 is 0 Å². The average Bonchev–Trinajstić information content (AvgIpc) is 3.22. The number of hydrogen-bond donors (Lipinski definition) is 1. The lowest BCUT2D eigenvalue weighted by Gasteiger charge is -2.46. The molecule has 39 heavy (non-hydrogen) atoms. The summed E-state index contributed by atoms with van der Waals surface area (Å²) in [5, 5.41) is 1.28. The Morgan fingerprint density at radius 3 is 2.03 bits per heavy atom. The molecule has 1 saturated heterocycles. The van der Waals surface area contributed by atoms with Crippen LogP contribution in [-0.4, -0.2) is 39.6 Å². The first-order valence-corrected chi connectivity index (χ1v) is 12.5. The van der Waals surface area contributed by atoms with Crippen molar-refractivity contribution >= 4 is 23.6 Å². The summed E-state index contributed by atoms with van der Waals surface area (Å²) < 4.78 is 5.98. The third-order valence-corrected chi connectivity index (χ3v) is 6.82. The molecule has 1 fully saturated rings. The summed E-state index contributed by atoms with van der Waals surface area (Å²) in [6.07, 6.45) is -0.796. The van der Waals surface area contributed by atoms with Crippen LogP contribution in [0.25, 0.3) is 0 Å². The standard InChI is InChI=1S/C31H23N3O5/c35-28(22-13-9-10-20(18-22)19-33-29(36)24-16-7-8-17-25(24)30(33)37)32-34-26(21-11-3-1-4-12-21)27(31(34)38)39-23-14-5-2-6-15-23/h1-18,26-27H,19H2,(H,32,35). The number of nitrogens with one attached hydrogen (secondary N) is 1. The monoisotopic (exact) mass is 517 g/mol. The minimum Gasteiger partial charge on any atom is -0.478 e. The number of carbonyl (C=O) groups excluding carboxylic acids is 4. The highest BCUT2D eigenvalue weighted by molar-refractivity contribution is 6.21. The molecule has 0 bridgehead atoms. The fourth-order valence-corrected chi connectivity index (χ4v) is 4.87. The molecular weight excluding hydrogens is 494 g/mol. The second-order valence-corrected chi connectivity index (χ2v) is 9.30. The van der Waals surface area contributed by atoms with Crippen molar-refractivity contribution in [3.8, 4) is 5.75 Å². The van der Waals surface area contributed by atoms with Crippen molar-refractivity contribution in [2.45, 2.75) is 18.7 Å². The van der Waals surface area contributed by atoms with E-state index in [-0.39, 0.29) is 29.8 Å². The van der Waals surface area contributed by atoms with Gasteiger partial charge in [0.1, 0.15) is 11.8 Å². The van der Waals surface area contributed by atoms with Crippen LogP contribution in [0.4, 0.5) is 0 Å². The molecule has 2 aliphatic heterocycles. The van der Waals surface area contributed by atoms with Crippen LogP contribution in [0.3, 0.4) is 0 Å².